The maximum Gasteiger partial charge on any atom is 0.253 e. The molecule has 1 amide bonds. The zero-order valence-corrected chi connectivity index (χ0v) is 15.3. The van der Waals surface area contributed by atoms with Gasteiger partial charge in [-0.05, 0) is 49.6 Å². The van der Waals surface area contributed by atoms with Crippen LogP contribution >= 0.6 is 0 Å². The fourth-order valence-electron chi connectivity index (χ4n) is 4.15. The zero-order valence-electron chi connectivity index (χ0n) is 15.3. The molecule has 0 saturated carbocycles. The lowest BCUT2D eigenvalue weighted by molar-refractivity contribution is 0.0705. The summed E-state index contributed by atoms with van der Waals surface area (Å²) in [6.07, 6.45) is 4.41. The van der Waals surface area contributed by atoms with Crippen LogP contribution in [0.3, 0.4) is 0 Å². The molecular formula is C20H21N5O2. The number of benzene rings is 1. The molecule has 7 heteroatoms. The lowest BCUT2D eigenvalue weighted by Gasteiger charge is -2.33. The highest BCUT2D eigenvalue weighted by atomic mass is 16.5. The van der Waals surface area contributed by atoms with Crippen LogP contribution in [0.5, 0.6) is 5.75 Å². The summed E-state index contributed by atoms with van der Waals surface area (Å²) in [6, 6.07) is 7.85. The molecule has 1 aromatic carbocycles. The van der Waals surface area contributed by atoms with Crippen molar-refractivity contribution in [3.8, 4) is 5.75 Å². The summed E-state index contributed by atoms with van der Waals surface area (Å²) >= 11 is 0. The average Bonchev–Trinajstić information content (AvgIpc) is 3.35. The number of carbonyl (C=O) groups is 1. The Morgan fingerprint density at radius 3 is 3.15 bits per heavy atom. The number of hydrogen-bond donors (Lipinski definition) is 0. The zero-order chi connectivity index (χ0) is 18.4. The first-order chi connectivity index (χ1) is 13.2. The number of amides is 1. The Morgan fingerprint density at radius 1 is 1.30 bits per heavy atom. The molecule has 3 aromatic rings. The van der Waals surface area contributed by atoms with Crippen molar-refractivity contribution in [2.24, 2.45) is 0 Å². The van der Waals surface area contributed by atoms with E-state index in [-0.39, 0.29) is 11.8 Å². The standard InChI is InChI=1S/C20H21N5O2/c1-13-9-17(25-20(23-13)21-12-22-25)16-3-2-7-24(11-16)19(26)15-4-5-18-14(10-15)6-8-27-18/h4-5,9-10,12,16H,2-3,6-8,11H2,1H3. The Morgan fingerprint density at radius 2 is 2.22 bits per heavy atom. The van der Waals surface area contributed by atoms with E-state index in [1.54, 1.807) is 4.52 Å². The summed E-state index contributed by atoms with van der Waals surface area (Å²) in [5.41, 5.74) is 3.88. The smallest absolute Gasteiger partial charge is 0.253 e. The van der Waals surface area contributed by atoms with Gasteiger partial charge in [-0.2, -0.15) is 10.1 Å². The van der Waals surface area contributed by atoms with E-state index in [4.69, 9.17) is 4.74 Å². The first-order valence-corrected chi connectivity index (χ1v) is 9.41. The molecule has 0 bridgehead atoms. The molecule has 2 aliphatic rings. The van der Waals surface area contributed by atoms with E-state index < -0.39 is 0 Å². The number of ether oxygens (including phenoxy) is 1. The second kappa shape index (κ2) is 6.33. The Hall–Kier alpha value is -2.96. The van der Waals surface area contributed by atoms with E-state index in [0.717, 1.165) is 54.1 Å². The second-order valence-corrected chi connectivity index (χ2v) is 7.31. The molecule has 2 aromatic heterocycles. The summed E-state index contributed by atoms with van der Waals surface area (Å²) < 4.78 is 7.36. The van der Waals surface area contributed by atoms with Crippen LogP contribution in [0.25, 0.3) is 5.78 Å². The van der Waals surface area contributed by atoms with Crippen LogP contribution in [0, 0.1) is 6.92 Å². The van der Waals surface area contributed by atoms with Gasteiger partial charge in [-0.3, -0.25) is 4.79 Å². The summed E-state index contributed by atoms with van der Waals surface area (Å²) in [4.78, 5) is 23.7. The van der Waals surface area contributed by atoms with Crippen molar-refractivity contribution in [1.82, 2.24) is 24.5 Å². The largest absolute Gasteiger partial charge is 0.493 e. The predicted molar refractivity (Wildman–Crippen MR) is 99.0 cm³/mol. The number of carbonyl (C=O) groups excluding carboxylic acids is 1. The van der Waals surface area contributed by atoms with Gasteiger partial charge < -0.3 is 9.64 Å². The van der Waals surface area contributed by atoms with E-state index in [1.165, 1.54) is 6.33 Å². The molecule has 4 heterocycles. The predicted octanol–water partition coefficient (Wildman–Crippen LogP) is 2.39. The minimum Gasteiger partial charge on any atom is -0.493 e. The number of fused-ring (bicyclic) bond motifs is 2. The topological polar surface area (TPSA) is 72.6 Å². The highest BCUT2D eigenvalue weighted by Gasteiger charge is 2.28. The minimum absolute atomic E-state index is 0.0926. The average molecular weight is 363 g/mol. The van der Waals surface area contributed by atoms with E-state index in [2.05, 4.69) is 21.1 Å². The Labute approximate surface area is 157 Å². The van der Waals surface area contributed by atoms with Crippen molar-refractivity contribution < 1.29 is 9.53 Å². The molecule has 0 spiro atoms. The number of aryl methyl sites for hydroxylation is 1. The van der Waals surface area contributed by atoms with Gasteiger partial charge in [0.1, 0.15) is 12.1 Å². The number of hydrogen-bond acceptors (Lipinski definition) is 5. The number of nitrogens with zero attached hydrogens (tertiary/aromatic N) is 5. The van der Waals surface area contributed by atoms with E-state index in [1.807, 2.05) is 30.0 Å². The van der Waals surface area contributed by atoms with Crippen molar-refractivity contribution >= 4 is 11.7 Å². The third kappa shape index (κ3) is 2.83. The third-order valence-electron chi connectivity index (χ3n) is 5.47. The molecule has 1 fully saturated rings. The van der Waals surface area contributed by atoms with Gasteiger partial charge in [0, 0.05) is 36.7 Å². The normalized spacial score (nSPS) is 19.1. The molecule has 1 atom stereocenters. The van der Waals surface area contributed by atoms with E-state index in [0.29, 0.717) is 18.9 Å². The van der Waals surface area contributed by atoms with Crippen molar-refractivity contribution in [3.05, 3.63) is 53.1 Å². The van der Waals surface area contributed by atoms with Gasteiger partial charge in [-0.25, -0.2) is 9.50 Å². The summed E-state index contributed by atoms with van der Waals surface area (Å²) in [5.74, 6) is 1.84. The third-order valence-corrected chi connectivity index (χ3v) is 5.47. The Balaban J connectivity index is 1.42. The second-order valence-electron chi connectivity index (χ2n) is 7.31. The maximum absolute atomic E-state index is 13.1. The van der Waals surface area contributed by atoms with Gasteiger partial charge in [0.05, 0.1) is 12.3 Å². The highest BCUT2D eigenvalue weighted by Crippen LogP contribution is 2.30. The number of likely N-dealkylation sites (tertiary alicyclic amines) is 1. The van der Waals surface area contributed by atoms with E-state index >= 15 is 0 Å². The lowest BCUT2D eigenvalue weighted by atomic mass is 9.93. The molecule has 138 valence electrons. The Bertz CT molecular complexity index is 1030. The number of aromatic nitrogens is 4. The van der Waals surface area contributed by atoms with Crippen LogP contribution in [-0.4, -0.2) is 50.1 Å². The van der Waals surface area contributed by atoms with Gasteiger partial charge in [0.2, 0.25) is 0 Å². The molecule has 0 aliphatic carbocycles. The molecular weight excluding hydrogens is 342 g/mol. The number of piperidine rings is 1. The summed E-state index contributed by atoms with van der Waals surface area (Å²) in [6.45, 7) is 4.14. The molecule has 1 unspecified atom stereocenters. The van der Waals surface area contributed by atoms with Gasteiger partial charge in [-0.15, -0.1) is 0 Å². The maximum atomic E-state index is 13.1. The van der Waals surface area contributed by atoms with Gasteiger partial charge in [-0.1, -0.05) is 0 Å². The molecule has 7 nitrogen and oxygen atoms in total. The van der Waals surface area contributed by atoms with Crippen molar-refractivity contribution in [2.75, 3.05) is 19.7 Å². The first kappa shape index (κ1) is 16.2. The van der Waals surface area contributed by atoms with Gasteiger partial charge >= 0.3 is 0 Å². The molecule has 0 radical (unpaired) electrons. The SMILES string of the molecule is Cc1cc(C2CCCN(C(=O)c3ccc4c(c3)CCO4)C2)n2ncnc2n1. The highest BCUT2D eigenvalue weighted by molar-refractivity contribution is 5.94. The monoisotopic (exact) mass is 363 g/mol. The van der Waals surface area contributed by atoms with Gasteiger partial charge in [0.15, 0.2) is 0 Å². The number of rotatable bonds is 2. The van der Waals surface area contributed by atoms with Crippen LogP contribution in [0.1, 0.15) is 46.1 Å². The van der Waals surface area contributed by atoms with Crippen molar-refractivity contribution in [2.45, 2.75) is 32.1 Å². The molecule has 27 heavy (non-hydrogen) atoms. The van der Waals surface area contributed by atoms with Crippen LogP contribution in [-0.2, 0) is 6.42 Å². The van der Waals surface area contributed by atoms with Crippen LogP contribution in [0.15, 0.2) is 30.6 Å². The van der Waals surface area contributed by atoms with Gasteiger partial charge in [0.25, 0.3) is 11.7 Å². The fourth-order valence-corrected chi connectivity index (χ4v) is 4.15. The van der Waals surface area contributed by atoms with Crippen molar-refractivity contribution in [3.63, 3.8) is 0 Å². The van der Waals surface area contributed by atoms with Crippen LogP contribution < -0.4 is 4.74 Å². The summed E-state index contributed by atoms with van der Waals surface area (Å²) in [5, 5.41) is 4.33. The molecule has 0 N–H and O–H groups in total. The first-order valence-electron chi connectivity index (χ1n) is 9.41. The molecule has 2 aliphatic heterocycles. The van der Waals surface area contributed by atoms with E-state index in [9.17, 15) is 4.79 Å². The van der Waals surface area contributed by atoms with Crippen molar-refractivity contribution in [1.29, 1.82) is 0 Å². The summed E-state index contributed by atoms with van der Waals surface area (Å²) in [7, 11) is 0. The minimum atomic E-state index is 0.0926. The van der Waals surface area contributed by atoms with Crippen LogP contribution in [0.4, 0.5) is 0 Å². The Kier molecular flexibility index (Phi) is 3.81. The fraction of sp³-hybridized carbons (Fsp3) is 0.400. The molecule has 5 rings (SSSR count). The lowest BCUT2D eigenvalue weighted by Crippen LogP contribution is -2.39. The quantitative estimate of drug-likeness (QED) is 0.699. The molecule has 1 saturated heterocycles. The van der Waals surface area contributed by atoms with Crippen LogP contribution in [0.2, 0.25) is 0 Å².